The fourth-order valence-corrected chi connectivity index (χ4v) is 4.91. The number of hydrogen-bond donors (Lipinski definition) is 1. The van der Waals surface area contributed by atoms with Crippen molar-refractivity contribution in [3.05, 3.63) is 81.8 Å². The number of esters is 1. The van der Waals surface area contributed by atoms with Gasteiger partial charge in [-0.15, -0.1) is 11.3 Å². The Morgan fingerprint density at radius 1 is 1.03 bits per heavy atom. The summed E-state index contributed by atoms with van der Waals surface area (Å²) in [7, 11) is 1.36. The van der Waals surface area contributed by atoms with Gasteiger partial charge in [-0.1, -0.05) is 36.4 Å². The van der Waals surface area contributed by atoms with Crippen LogP contribution in [-0.4, -0.2) is 24.3 Å². The Bertz CT molecular complexity index is 1650. The zero-order chi connectivity index (χ0) is 25.4. The first-order valence-corrected chi connectivity index (χ1v) is 12.1. The average molecular weight is 503 g/mol. The van der Waals surface area contributed by atoms with Gasteiger partial charge in [0.1, 0.15) is 11.0 Å². The maximum Gasteiger partial charge on any atom is 0.343 e. The van der Waals surface area contributed by atoms with E-state index in [4.69, 9.17) is 18.6 Å². The van der Waals surface area contributed by atoms with Crippen molar-refractivity contribution in [1.29, 1.82) is 0 Å². The smallest absolute Gasteiger partial charge is 0.343 e. The highest BCUT2D eigenvalue weighted by Gasteiger charge is 2.27. The molecule has 0 aliphatic rings. The normalized spacial score (nSPS) is 11.2. The van der Waals surface area contributed by atoms with Gasteiger partial charge in [0.15, 0.2) is 17.3 Å². The molecule has 2 heterocycles. The van der Waals surface area contributed by atoms with Crippen molar-refractivity contribution in [2.24, 2.45) is 0 Å². The molecule has 8 heteroatoms. The lowest BCUT2D eigenvalue weighted by Gasteiger charge is -2.17. The van der Waals surface area contributed by atoms with E-state index in [1.54, 1.807) is 30.3 Å². The van der Waals surface area contributed by atoms with Gasteiger partial charge in [0.2, 0.25) is 16.9 Å². The van der Waals surface area contributed by atoms with Crippen molar-refractivity contribution >= 4 is 38.4 Å². The minimum absolute atomic E-state index is 0.0161. The van der Waals surface area contributed by atoms with Crippen LogP contribution in [-0.2, 0) is 0 Å². The summed E-state index contributed by atoms with van der Waals surface area (Å²) in [6, 6.07) is 17.5. The van der Waals surface area contributed by atoms with Crippen LogP contribution >= 0.6 is 11.3 Å². The Labute approximate surface area is 210 Å². The zero-order valence-electron chi connectivity index (χ0n) is 19.7. The van der Waals surface area contributed by atoms with Crippen LogP contribution in [0.2, 0.25) is 0 Å². The van der Waals surface area contributed by atoms with Crippen LogP contribution < -0.4 is 19.6 Å². The molecule has 0 amide bonds. The predicted octanol–water partition coefficient (Wildman–Crippen LogP) is 6.40. The van der Waals surface area contributed by atoms with E-state index in [1.165, 1.54) is 24.5 Å². The third-order valence-electron chi connectivity index (χ3n) is 5.53. The summed E-state index contributed by atoms with van der Waals surface area (Å²) in [5, 5.41) is 13.5. The summed E-state index contributed by atoms with van der Waals surface area (Å²) < 4.78 is 23.9. The summed E-state index contributed by atoms with van der Waals surface area (Å²) in [5.41, 5.74) is 0.212. The summed E-state index contributed by atoms with van der Waals surface area (Å²) in [4.78, 5) is 26.7. The number of thiophene rings is 1. The third-order valence-corrected chi connectivity index (χ3v) is 6.50. The molecule has 0 saturated carbocycles. The highest BCUT2D eigenvalue weighted by Crippen LogP contribution is 2.45. The molecule has 0 spiro atoms. The molecule has 0 fully saturated rings. The quantitative estimate of drug-likeness (QED) is 0.269. The van der Waals surface area contributed by atoms with E-state index in [9.17, 15) is 14.7 Å². The third kappa shape index (κ3) is 4.05. The fraction of sp³-hybridized carbons (Fsp3) is 0.143. The topological polar surface area (TPSA) is 95.2 Å². The lowest BCUT2D eigenvalue weighted by atomic mass is 10.1. The van der Waals surface area contributed by atoms with Crippen LogP contribution in [0.15, 0.2) is 75.3 Å². The Kier molecular flexibility index (Phi) is 6.12. The summed E-state index contributed by atoms with van der Waals surface area (Å²) in [6.45, 7) is 3.65. The molecule has 0 saturated heterocycles. The van der Waals surface area contributed by atoms with Gasteiger partial charge in [-0.25, -0.2) is 4.79 Å². The van der Waals surface area contributed by atoms with Gasteiger partial charge in [0.25, 0.3) is 0 Å². The van der Waals surface area contributed by atoms with Crippen LogP contribution in [0.4, 0.5) is 0 Å². The van der Waals surface area contributed by atoms with Crippen molar-refractivity contribution in [3.63, 3.8) is 0 Å². The Balaban J connectivity index is 1.81. The van der Waals surface area contributed by atoms with Crippen molar-refractivity contribution in [3.8, 4) is 34.3 Å². The van der Waals surface area contributed by atoms with Crippen molar-refractivity contribution in [1.82, 2.24) is 0 Å². The van der Waals surface area contributed by atoms with Gasteiger partial charge in [-0.3, -0.25) is 4.79 Å². The van der Waals surface area contributed by atoms with Crippen LogP contribution in [0.5, 0.6) is 23.0 Å². The number of aromatic hydroxyl groups is 1. The van der Waals surface area contributed by atoms with Crippen LogP contribution in [0, 0.1) is 0 Å². The molecule has 0 bridgehead atoms. The minimum atomic E-state index is -0.728. The van der Waals surface area contributed by atoms with Gasteiger partial charge in [-0.05, 0) is 32.0 Å². The number of fused-ring (bicyclic) bond motifs is 2. The van der Waals surface area contributed by atoms with E-state index >= 15 is 0 Å². The average Bonchev–Trinajstić information content (AvgIpc) is 3.29. The molecule has 5 rings (SSSR count). The van der Waals surface area contributed by atoms with Gasteiger partial charge >= 0.3 is 5.97 Å². The molecule has 3 aromatic carbocycles. The highest BCUT2D eigenvalue weighted by molar-refractivity contribution is 7.17. The number of phenols is 1. The molecule has 182 valence electrons. The number of phenolic OH excluding ortho intramolecular Hbond substituents is 1. The number of hydrogen-bond acceptors (Lipinski definition) is 8. The first-order valence-electron chi connectivity index (χ1n) is 11.2. The SMILES string of the molecule is COc1c(OC(C)C)cc2oc(-c3csc4ccccc34)c(OC(=O)c3ccccc3)c(=O)c2c1O. The van der Waals surface area contributed by atoms with Crippen LogP contribution in [0.3, 0.4) is 0 Å². The summed E-state index contributed by atoms with van der Waals surface area (Å²) in [5.74, 6) is -1.23. The first kappa shape index (κ1) is 23.4. The second kappa shape index (κ2) is 9.39. The minimum Gasteiger partial charge on any atom is -0.504 e. The second-order valence-corrected chi connectivity index (χ2v) is 9.20. The monoisotopic (exact) mass is 502 g/mol. The van der Waals surface area contributed by atoms with Gasteiger partial charge in [0, 0.05) is 27.1 Å². The Morgan fingerprint density at radius 3 is 2.47 bits per heavy atom. The first-order chi connectivity index (χ1) is 17.4. The number of ether oxygens (including phenoxy) is 3. The standard InChI is InChI=1S/C28H22O7S/c1-15(2)33-20-13-19-22(23(29)26(20)32-3)24(30)27(35-28(31)16-9-5-4-6-10-16)25(34-19)18-14-36-21-12-8-7-11-17(18)21/h4-15,29H,1-3H3. The molecule has 2 aromatic heterocycles. The fourth-order valence-electron chi connectivity index (χ4n) is 3.96. The number of methoxy groups -OCH3 is 1. The van der Waals surface area contributed by atoms with Crippen LogP contribution in [0.25, 0.3) is 32.4 Å². The second-order valence-electron chi connectivity index (χ2n) is 8.29. The lowest BCUT2D eigenvalue weighted by Crippen LogP contribution is -2.16. The highest BCUT2D eigenvalue weighted by atomic mass is 32.1. The largest absolute Gasteiger partial charge is 0.504 e. The number of carbonyl (C=O) groups is 1. The molecule has 0 aliphatic carbocycles. The van der Waals surface area contributed by atoms with E-state index < -0.39 is 17.1 Å². The number of rotatable bonds is 6. The van der Waals surface area contributed by atoms with Crippen molar-refractivity contribution in [2.45, 2.75) is 20.0 Å². The maximum atomic E-state index is 13.8. The Hall–Kier alpha value is -4.30. The lowest BCUT2D eigenvalue weighted by molar-refractivity contribution is 0.0731. The maximum absolute atomic E-state index is 13.8. The van der Waals surface area contributed by atoms with Crippen molar-refractivity contribution < 1.29 is 28.5 Å². The summed E-state index contributed by atoms with van der Waals surface area (Å²) in [6.07, 6.45) is -0.228. The van der Waals surface area contributed by atoms with E-state index in [1.807, 2.05) is 43.5 Å². The molecular formula is C28H22O7S. The molecule has 0 radical (unpaired) electrons. The number of carbonyl (C=O) groups excluding carboxylic acids is 1. The molecule has 0 aliphatic heterocycles. The molecule has 0 unspecified atom stereocenters. The molecule has 36 heavy (non-hydrogen) atoms. The number of benzene rings is 3. The molecular weight excluding hydrogens is 480 g/mol. The van der Waals surface area contributed by atoms with E-state index in [2.05, 4.69) is 0 Å². The van der Waals surface area contributed by atoms with E-state index in [0.29, 0.717) is 5.56 Å². The molecule has 5 aromatic rings. The molecule has 1 N–H and O–H groups in total. The van der Waals surface area contributed by atoms with Crippen LogP contribution in [0.1, 0.15) is 24.2 Å². The van der Waals surface area contributed by atoms with Gasteiger partial charge in [-0.2, -0.15) is 0 Å². The molecule has 7 nitrogen and oxygen atoms in total. The van der Waals surface area contributed by atoms with Gasteiger partial charge in [0.05, 0.1) is 18.8 Å². The van der Waals surface area contributed by atoms with E-state index in [-0.39, 0.29) is 45.6 Å². The van der Waals surface area contributed by atoms with E-state index in [0.717, 1.165) is 10.1 Å². The predicted molar refractivity (Wildman–Crippen MR) is 139 cm³/mol. The van der Waals surface area contributed by atoms with Gasteiger partial charge < -0.3 is 23.7 Å². The molecule has 0 atom stereocenters. The summed E-state index contributed by atoms with van der Waals surface area (Å²) >= 11 is 1.47. The Morgan fingerprint density at radius 2 is 1.75 bits per heavy atom. The zero-order valence-corrected chi connectivity index (χ0v) is 20.5. The van der Waals surface area contributed by atoms with Crippen molar-refractivity contribution in [2.75, 3.05) is 7.11 Å².